The standard InChI is InChI=1S/C7H14FNO/c1-2-10-7-5-9-4-3-6(7)8/h6-7,9H,2-5H2,1H3/t6-,7+/m1/s1. The van der Waals surface area contributed by atoms with Gasteiger partial charge in [-0.15, -0.1) is 0 Å². The highest BCUT2D eigenvalue weighted by Gasteiger charge is 2.24. The van der Waals surface area contributed by atoms with Crippen LogP contribution in [0.25, 0.3) is 0 Å². The van der Waals surface area contributed by atoms with Crippen molar-refractivity contribution < 1.29 is 9.13 Å². The van der Waals surface area contributed by atoms with Crippen LogP contribution in [0.4, 0.5) is 4.39 Å². The van der Waals surface area contributed by atoms with Gasteiger partial charge in [-0.25, -0.2) is 4.39 Å². The van der Waals surface area contributed by atoms with Crippen LogP contribution in [0, 0.1) is 0 Å². The molecule has 0 aromatic heterocycles. The Balaban J connectivity index is 2.25. The maximum atomic E-state index is 12.9. The summed E-state index contributed by atoms with van der Waals surface area (Å²) in [7, 11) is 0. The Morgan fingerprint density at radius 2 is 2.50 bits per heavy atom. The lowest BCUT2D eigenvalue weighted by atomic mass is 10.1. The van der Waals surface area contributed by atoms with Crippen molar-refractivity contribution in [1.82, 2.24) is 5.32 Å². The van der Waals surface area contributed by atoms with E-state index in [1.54, 1.807) is 0 Å². The summed E-state index contributed by atoms with van der Waals surface area (Å²) in [6, 6.07) is 0. The van der Waals surface area contributed by atoms with Crippen LogP contribution in [0.5, 0.6) is 0 Å². The number of hydrogen-bond acceptors (Lipinski definition) is 2. The maximum Gasteiger partial charge on any atom is 0.129 e. The van der Waals surface area contributed by atoms with Gasteiger partial charge in [-0.2, -0.15) is 0 Å². The average molecular weight is 147 g/mol. The van der Waals surface area contributed by atoms with Crippen molar-refractivity contribution in [1.29, 1.82) is 0 Å². The molecular formula is C7H14FNO. The van der Waals surface area contributed by atoms with Crippen molar-refractivity contribution in [3.05, 3.63) is 0 Å². The zero-order chi connectivity index (χ0) is 7.40. The third-order valence-electron chi connectivity index (χ3n) is 1.73. The van der Waals surface area contributed by atoms with Gasteiger partial charge in [-0.05, 0) is 19.9 Å². The maximum absolute atomic E-state index is 12.9. The molecule has 0 spiro atoms. The predicted molar refractivity (Wildman–Crippen MR) is 37.8 cm³/mol. The highest BCUT2D eigenvalue weighted by molar-refractivity contribution is 4.77. The molecule has 0 aromatic carbocycles. The zero-order valence-electron chi connectivity index (χ0n) is 6.27. The summed E-state index contributed by atoms with van der Waals surface area (Å²) in [6.45, 7) is 3.94. The van der Waals surface area contributed by atoms with Crippen molar-refractivity contribution in [3.63, 3.8) is 0 Å². The highest BCUT2D eigenvalue weighted by atomic mass is 19.1. The molecule has 1 rings (SSSR count). The van der Waals surface area contributed by atoms with Crippen LogP contribution in [-0.2, 0) is 4.74 Å². The van der Waals surface area contributed by atoms with Gasteiger partial charge in [0.2, 0.25) is 0 Å². The molecule has 0 amide bonds. The van der Waals surface area contributed by atoms with Crippen LogP contribution < -0.4 is 5.32 Å². The van der Waals surface area contributed by atoms with Crippen molar-refractivity contribution in [2.24, 2.45) is 0 Å². The Bertz CT molecular complexity index is 97.6. The first-order chi connectivity index (χ1) is 4.84. The van der Waals surface area contributed by atoms with Crippen molar-refractivity contribution in [3.8, 4) is 0 Å². The molecule has 0 radical (unpaired) electrons. The summed E-state index contributed by atoms with van der Waals surface area (Å²) < 4.78 is 18.0. The first-order valence-electron chi connectivity index (χ1n) is 3.81. The van der Waals surface area contributed by atoms with Crippen LogP contribution in [0.15, 0.2) is 0 Å². The molecule has 0 aromatic rings. The number of nitrogens with one attached hydrogen (secondary N) is 1. The molecule has 1 aliphatic heterocycles. The van der Waals surface area contributed by atoms with E-state index in [1.165, 1.54) is 0 Å². The SMILES string of the molecule is CCO[C@H]1CNCC[C@H]1F. The Hall–Kier alpha value is -0.150. The fourth-order valence-corrected chi connectivity index (χ4v) is 1.18. The molecule has 1 fully saturated rings. The predicted octanol–water partition coefficient (Wildman–Crippen LogP) is 0.723. The third kappa shape index (κ3) is 1.92. The second kappa shape index (κ2) is 3.88. The minimum Gasteiger partial charge on any atom is -0.374 e. The lowest BCUT2D eigenvalue weighted by Crippen LogP contribution is -2.43. The first kappa shape index (κ1) is 7.95. The monoisotopic (exact) mass is 147 g/mol. The molecule has 3 heteroatoms. The van der Waals surface area contributed by atoms with Crippen molar-refractivity contribution >= 4 is 0 Å². The van der Waals surface area contributed by atoms with Gasteiger partial charge in [0.15, 0.2) is 0 Å². The summed E-state index contributed by atoms with van der Waals surface area (Å²) in [5.41, 5.74) is 0. The van der Waals surface area contributed by atoms with Gasteiger partial charge in [-0.1, -0.05) is 0 Å². The minimum absolute atomic E-state index is 0.209. The molecule has 0 bridgehead atoms. The largest absolute Gasteiger partial charge is 0.374 e. The van der Waals surface area contributed by atoms with Gasteiger partial charge in [0, 0.05) is 13.2 Å². The quantitative estimate of drug-likeness (QED) is 0.621. The van der Waals surface area contributed by atoms with E-state index >= 15 is 0 Å². The Morgan fingerprint density at radius 3 is 3.10 bits per heavy atom. The van der Waals surface area contributed by atoms with E-state index in [2.05, 4.69) is 5.32 Å². The molecule has 60 valence electrons. The first-order valence-corrected chi connectivity index (χ1v) is 3.81. The van der Waals surface area contributed by atoms with E-state index < -0.39 is 6.17 Å². The van der Waals surface area contributed by atoms with E-state index in [-0.39, 0.29) is 6.10 Å². The fourth-order valence-electron chi connectivity index (χ4n) is 1.18. The average Bonchev–Trinajstić information content (AvgIpc) is 1.94. The number of ether oxygens (including phenoxy) is 1. The van der Waals surface area contributed by atoms with E-state index in [0.29, 0.717) is 19.6 Å². The third-order valence-corrected chi connectivity index (χ3v) is 1.73. The molecule has 0 saturated carbocycles. The number of hydrogen-bond donors (Lipinski definition) is 1. The Labute approximate surface area is 60.8 Å². The molecule has 2 atom stereocenters. The van der Waals surface area contributed by atoms with Gasteiger partial charge in [0.25, 0.3) is 0 Å². The molecule has 0 aliphatic carbocycles. The molecule has 0 unspecified atom stereocenters. The van der Waals surface area contributed by atoms with Crippen LogP contribution >= 0.6 is 0 Å². The molecule has 10 heavy (non-hydrogen) atoms. The number of alkyl halides is 1. The van der Waals surface area contributed by atoms with Gasteiger partial charge < -0.3 is 10.1 Å². The number of halogens is 1. The highest BCUT2D eigenvalue weighted by Crippen LogP contribution is 2.10. The van der Waals surface area contributed by atoms with Crippen molar-refractivity contribution in [2.45, 2.75) is 25.6 Å². The second-order valence-electron chi connectivity index (χ2n) is 2.50. The fraction of sp³-hybridized carbons (Fsp3) is 1.00. The second-order valence-corrected chi connectivity index (χ2v) is 2.50. The zero-order valence-corrected chi connectivity index (χ0v) is 6.27. The van der Waals surface area contributed by atoms with E-state index in [1.807, 2.05) is 6.92 Å². The van der Waals surface area contributed by atoms with Gasteiger partial charge in [0.05, 0.1) is 0 Å². The topological polar surface area (TPSA) is 21.3 Å². The van der Waals surface area contributed by atoms with Crippen molar-refractivity contribution in [2.75, 3.05) is 19.7 Å². The summed E-state index contributed by atoms with van der Waals surface area (Å²) >= 11 is 0. The molecule has 1 N–H and O–H groups in total. The normalized spacial score (nSPS) is 34.2. The van der Waals surface area contributed by atoms with Crippen LogP contribution in [0.3, 0.4) is 0 Å². The summed E-state index contributed by atoms with van der Waals surface area (Å²) in [6.07, 6.45) is -0.384. The summed E-state index contributed by atoms with van der Waals surface area (Å²) in [5.74, 6) is 0. The molecule has 1 aliphatic rings. The summed E-state index contributed by atoms with van der Waals surface area (Å²) in [5, 5.41) is 3.09. The Morgan fingerprint density at radius 1 is 1.70 bits per heavy atom. The van der Waals surface area contributed by atoms with Crippen LogP contribution in [-0.4, -0.2) is 32.0 Å². The molecule has 1 heterocycles. The molecule has 2 nitrogen and oxygen atoms in total. The van der Waals surface area contributed by atoms with Gasteiger partial charge in [-0.3, -0.25) is 0 Å². The van der Waals surface area contributed by atoms with Gasteiger partial charge in [0.1, 0.15) is 12.3 Å². The van der Waals surface area contributed by atoms with Crippen LogP contribution in [0.1, 0.15) is 13.3 Å². The van der Waals surface area contributed by atoms with E-state index in [9.17, 15) is 4.39 Å². The van der Waals surface area contributed by atoms with E-state index in [4.69, 9.17) is 4.74 Å². The van der Waals surface area contributed by atoms with Gasteiger partial charge >= 0.3 is 0 Å². The number of piperidine rings is 1. The number of rotatable bonds is 2. The lowest BCUT2D eigenvalue weighted by Gasteiger charge is -2.26. The van der Waals surface area contributed by atoms with Crippen LogP contribution in [0.2, 0.25) is 0 Å². The lowest BCUT2D eigenvalue weighted by molar-refractivity contribution is -0.00951. The Kier molecular flexibility index (Phi) is 3.09. The smallest absolute Gasteiger partial charge is 0.129 e. The summed E-state index contributed by atoms with van der Waals surface area (Å²) in [4.78, 5) is 0. The molecule has 1 saturated heterocycles. The minimum atomic E-state index is -0.763. The van der Waals surface area contributed by atoms with E-state index in [0.717, 1.165) is 6.54 Å². The molecular weight excluding hydrogens is 133 g/mol.